The van der Waals surface area contributed by atoms with Gasteiger partial charge in [-0.3, -0.25) is 0 Å². The SMILES string of the molecule is O=CCCCCSC1CCCCS1. The fourth-order valence-corrected chi connectivity index (χ4v) is 4.28. The van der Waals surface area contributed by atoms with Gasteiger partial charge in [0.2, 0.25) is 0 Å². The van der Waals surface area contributed by atoms with E-state index in [4.69, 9.17) is 0 Å². The summed E-state index contributed by atoms with van der Waals surface area (Å²) in [5, 5.41) is 0. The lowest BCUT2D eigenvalue weighted by Gasteiger charge is -2.20. The number of hydrogen-bond acceptors (Lipinski definition) is 3. The summed E-state index contributed by atoms with van der Waals surface area (Å²) in [5.74, 6) is 2.59. The van der Waals surface area contributed by atoms with Crippen LogP contribution >= 0.6 is 23.5 Å². The Balaban J connectivity index is 1.89. The molecule has 0 N–H and O–H groups in total. The highest BCUT2D eigenvalue weighted by Gasteiger charge is 2.13. The fraction of sp³-hybridized carbons (Fsp3) is 0.900. The van der Waals surface area contributed by atoms with E-state index in [-0.39, 0.29) is 0 Å². The summed E-state index contributed by atoms with van der Waals surface area (Å²) in [4.78, 5) is 10.1. The van der Waals surface area contributed by atoms with Crippen LogP contribution in [0.5, 0.6) is 0 Å². The fourth-order valence-electron chi connectivity index (χ4n) is 1.39. The first-order valence-electron chi connectivity index (χ1n) is 5.10. The van der Waals surface area contributed by atoms with Gasteiger partial charge >= 0.3 is 0 Å². The molecule has 0 radical (unpaired) electrons. The van der Waals surface area contributed by atoms with Gasteiger partial charge in [-0.2, -0.15) is 0 Å². The molecule has 1 aliphatic heterocycles. The molecule has 1 unspecified atom stereocenters. The Morgan fingerprint density at radius 2 is 2.31 bits per heavy atom. The van der Waals surface area contributed by atoms with Crippen LogP contribution in [-0.2, 0) is 4.79 Å². The Morgan fingerprint density at radius 3 is 3.00 bits per heavy atom. The maximum atomic E-state index is 10.1. The van der Waals surface area contributed by atoms with Crippen molar-refractivity contribution < 1.29 is 4.79 Å². The van der Waals surface area contributed by atoms with Crippen molar-refractivity contribution in [3.8, 4) is 0 Å². The maximum Gasteiger partial charge on any atom is 0.119 e. The second-order valence-corrected chi connectivity index (χ2v) is 6.25. The van der Waals surface area contributed by atoms with Crippen molar-refractivity contribution in [3.63, 3.8) is 0 Å². The zero-order valence-electron chi connectivity index (χ0n) is 8.04. The molecule has 76 valence electrons. The smallest absolute Gasteiger partial charge is 0.119 e. The predicted molar refractivity (Wildman–Crippen MR) is 62.5 cm³/mol. The molecule has 1 saturated heterocycles. The van der Waals surface area contributed by atoms with Gasteiger partial charge < -0.3 is 4.79 Å². The summed E-state index contributed by atoms with van der Waals surface area (Å²) < 4.78 is 0.852. The van der Waals surface area contributed by atoms with Crippen molar-refractivity contribution in [1.29, 1.82) is 0 Å². The molecule has 1 rings (SSSR count). The molecular weight excluding hydrogens is 200 g/mol. The quantitative estimate of drug-likeness (QED) is 0.503. The van der Waals surface area contributed by atoms with Crippen LogP contribution in [0.3, 0.4) is 0 Å². The summed E-state index contributed by atoms with van der Waals surface area (Å²) in [6, 6.07) is 0. The van der Waals surface area contributed by atoms with Crippen LogP contribution < -0.4 is 0 Å². The first-order valence-corrected chi connectivity index (χ1v) is 7.20. The van der Waals surface area contributed by atoms with Gasteiger partial charge in [-0.15, -0.1) is 23.5 Å². The summed E-state index contributed by atoms with van der Waals surface area (Å²) in [7, 11) is 0. The normalized spacial score (nSPS) is 22.9. The number of carbonyl (C=O) groups excluding carboxylic acids is 1. The Hall–Kier alpha value is 0.370. The summed E-state index contributed by atoms with van der Waals surface area (Å²) >= 11 is 4.22. The third-order valence-corrected chi connectivity index (χ3v) is 5.24. The average molecular weight is 218 g/mol. The molecule has 1 atom stereocenters. The van der Waals surface area contributed by atoms with Crippen LogP contribution in [0.2, 0.25) is 0 Å². The largest absolute Gasteiger partial charge is 0.303 e. The van der Waals surface area contributed by atoms with E-state index in [1.165, 1.54) is 37.2 Å². The van der Waals surface area contributed by atoms with Crippen LogP contribution in [0.25, 0.3) is 0 Å². The molecule has 3 heteroatoms. The third-order valence-electron chi connectivity index (χ3n) is 2.16. The Morgan fingerprint density at radius 1 is 1.38 bits per heavy atom. The summed E-state index contributed by atoms with van der Waals surface area (Å²) in [5.41, 5.74) is 0. The third kappa shape index (κ3) is 5.63. The monoisotopic (exact) mass is 218 g/mol. The Labute approximate surface area is 89.4 Å². The Kier molecular flexibility index (Phi) is 6.82. The number of aldehydes is 1. The number of thioether (sulfide) groups is 2. The molecule has 1 heterocycles. The molecule has 0 saturated carbocycles. The predicted octanol–water partition coefficient (Wildman–Crippen LogP) is 3.33. The maximum absolute atomic E-state index is 10.1. The van der Waals surface area contributed by atoms with Gasteiger partial charge in [0.25, 0.3) is 0 Å². The highest BCUT2D eigenvalue weighted by Crippen LogP contribution is 2.33. The van der Waals surface area contributed by atoms with E-state index in [0.29, 0.717) is 0 Å². The molecule has 0 amide bonds. The van der Waals surface area contributed by atoms with Crippen LogP contribution in [0.4, 0.5) is 0 Å². The van der Waals surface area contributed by atoms with E-state index < -0.39 is 0 Å². The highest BCUT2D eigenvalue weighted by molar-refractivity contribution is 8.17. The lowest BCUT2D eigenvalue weighted by Crippen LogP contribution is -2.05. The van der Waals surface area contributed by atoms with Gasteiger partial charge in [-0.1, -0.05) is 6.42 Å². The minimum absolute atomic E-state index is 0.748. The van der Waals surface area contributed by atoms with Crippen LogP contribution in [0.1, 0.15) is 38.5 Å². The zero-order chi connectivity index (χ0) is 9.36. The number of unbranched alkanes of at least 4 members (excludes halogenated alkanes) is 2. The first kappa shape index (κ1) is 11.4. The second-order valence-electron chi connectivity index (χ2n) is 3.33. The molecule has 0 bridgehead atoms. The first-order chi connectivity index (χ1) is 6.43. The van der Waals surface area contributed by atoms with E-state index in [1.807, 2.05) is 0 Å². The summed E-state index contributed by atoms with van der Waals surface area (Å²) in [6.45, 7) is 0. The van der Waals surface area contributed by atoms with Crippen molar-refractivity contribution in [1.82, 2.24) is 0 Å². The van der Waals surface area contributed by atoms with E-state index in [1.54, 1.807) is 0 Å². The van der Waals surface area contributed by atoms with Gasteiger partial charge in [0.15, 0.2) is 0 Å². The lowest BCUT2D eigenvalue weighted by atomic mass is 10.3. The van der Waals surface area contributed by atoms with Crippen molar-refractivity contribution in [2.75, 3.05) is 11.5 Å². The molecule has 0 aromatic rings. The molecule has 1 aliphatic rings. The van der Waals surface area contributed by atoms with Crippen molar-refractivity contribution in [2.45, 2.75) is 43.1 Å². The van der Waals surface area contributed by atoms with Gasteiger partial charge in [0.05, 0.1) is 4.58 Å². The van der Waals surface area contributed by atoms with Gasteiger partial charge in [-0.05, 0) is 37.2 Å². The van der Waals surface area contributed by atoms with E-state index in [0.717, 1.165) is 23.7 Å². The molecule has 0 spiro atoms. The van der Waals surface area contributed by atoms with Crippen molar-refractivity contribution in [2.24, 2.45) is 0 Å². The second kappa shape index (κ2) is 7.74. The van der Waals surface area contributed by atoms with E-state index in [9.17, 15) is 4.79 Å². The van der Waals surface area contributed by atoms with Crippen molar-refractivity contribution in [3.05, 3.63) is 0 Å². The lowest BCUT2D eigenvalue weighted by molar-refractivity contribution is -0.107. The standard InChI is InChI=1S/C10H18OS2/c11-7-3-1-4-8-12-10-6-2-5-9-13-10/h7,10H,1-6,8-9H2. The molecule has 13 heavy (non-hydrogen) atoms. The van der Waals surface area contributed by atoms with Gasteiger partial charge in [0.1, 0.15) is 6.29 Å². The van der Waals surface area contributed by atoms with Crippen LogP contribution in [0.15, 0.2) is 0 Å². The van der Waals surface area contributed by atoms with Crippen molar-refractivity contribution >= 4 is 29.8 Å². The molecule has 0 aromatic carbocycles. The molecule has 0 aromatic heterocycles. The number of carbonyl (C=O) groups is 1. The topological polar surface area (TPSA) is 17.1 Å². The highest BCUT2D eigenvalue weighted by atomic mass is 32.2. The molecule has 1 fully saturated rings. The van der Waals surface area contributed by atoms with E-state index >= 15 is 0 Å². The van der Waals surface area contributed by atoms with Crippen LogP contribution in [-0.4, -0.2) is 22.4 Å². The average Bonchev–Trinajstić information content (AvgIpc) is 2.19. The number of hydrogen-bond donors (Lipinski definition) is 0. The molecule has 0 aliphatic carbocycles. The Bertz CT molecular complexity index is 133. The van der Waals surface area contributed by atoms with Gasteiger partial charge in [0, 0.05) is 6.42 Å². The van der Waals surface area contributed by atoms with E-state index in [2.05, 4.69) is 23.5 Å². The molecule has 1 nitrogen and oxygen atoms in total. The molecular formula is C10H18OS2. The minimum Gasteiger partial charge on any atom is -0.303 e. The zero-order valence-corrected chi connectivity index (χ0v) is 9.67. The minimum atomic E-state index is 0.748. The summed E-state index contributed by atoms with van der Waals surface area (Å²) in [6.07, 6.45) is 8.28. The number of rotatable bonds is 6. The van der Waals surface area contributed by atoms with Crippen LogP contribution in [0, 0.1) is 0 Å². The van der Waals surface area contributed by atoms with Gasteiger partial charge in [-0.25, -0.2) is 0 Å².